The van der Waals surface area contributed by atoms with Crippen molar-refractivity contribution in [2.45, 2.75) is 19.8 Å². The second-order valence-corrected chi connectivity index (χ2v) is 6.92. The Morgan fingerprint density at radius 3 is 2.03 bits per heavy atom. The molecule has 0 aromatic heterocycles. The molecule has 0 spiro atoms. The van der Waals surface area contributed by atoms with Crippen LogP contribution in [0.2, 0.25) is 0 Å². The van der Waals surface area contributed by atoms with Gasteiger partial charge in [-0.3, -0.25) is 4.99 Å². The van der Waals surface area contributed by atoms with Crippen molar-refractivity contribution >= 4 is 35.6 Å². The standard InChI is InChI=1S/C25H29N3O3.HI/c1-26-25(28-22-13-14-23(29-2)24(15-22)30-3)27-16-19-9-11-21(12-10-19)18-31-17-20-7-5-4-6-8-20;/h4-15H,16-18H2,1-3H3,(H2,26,27,28);1H. The Morgan fingerprint density at radius 2 is 1.41 bits per heavy atom. The highest BCUT2D eigenvalue weighted by Crippen LogP contribution is 2.29. The first-order valence-electron chi connectivity index (χ1n) is 10.1. The van der Waals surface area contributed by atoms with Crippen LogP contribution >= 0.6 is 24.0 Å². The lowest BCUT2D eigenvalue weighted by molar-refractivity contribution is 0.107. The van der Waals surface area contributed by atoms with Gasteiger partial charge < -0.3 is 24.8 Å². The molecule has 0 saturated carbocycles. The molecule has 32 heavy (non-hydrogen) atoms. The number of nitrogens with one attached hydrogen (secondary N) is 2. The third-order valence-corrected chi connectivity index (χ3v) is 4.73. The van der Waals surface area contributed by atoms with Gasteiger partial charge >= 0.3 is 0 Å². The van der Waals surface area contributed by atoms with E-state index in [0.29, 0.717) is 37.2 Å². The molecule has 7 heteroatoms. The van der Waals surface area contributed by atoms with Crippen LogP contribution in [0.4, 0.5) is 5.69 Å². The molecule has 0 saturated heterocycles. The molecule has 0 aliphatic rings. The minimum atomic E-state index is 0. The van der Waals surface area contributed by atoms with Gasteiger partial charge in [-0.15, -0.1) is 24.0 Å². The third kappa shape index (κ3) is 7.72. The highest BCUT2D eigenvalue weighted by Gasteiger charge is 2.06. The zero-order valence-electron chi connectivity index (χ0n) is 18.6. The first-order chi connectivity index (χ1) is 15.2. The Labute approximate surface area is 207 Å². The summed E-state index contributed by atoms with van der Waals surface area (Å²) in [7, 11) is 4.97. The number of guanidine groups is 1. The van der Waals surface area contributed by atoms with Crippen LogP contribution < -0.4 is 20.1 Å². The van der Waals surface area contributed by atoms with E-state index in [9.17, 15) is 0 Å². The van der Waals surface area contributed by atoms with Crippen LogP contribution in [0, 0.1) is 0 Å². The summed E-state index contributed by atoms with van der Waals surface area (Å²) in [5.74, 6) is 2.01. The lowest BCUT2D eigenvalue weighted by atomic mass is 10.1. The lowest BCUT2D eigenvalue weighted by Gasteiger charge is -2.14. The number of hydrogen-bond acceptors (Lipinski definition) is 4. The quantitative estimate of drug-likeness (QED) is 0.218. The van der Waals surface area contributed by atoms with E-state index in [0.717, 1.165) is 16.8 Å². The largest absolute Gasteiger partial charge is 0.493 e. The number of methoxy groups -OCH3 is 2. The van der Waals surface area contributed by atoms with Gasteiger partial charge in [0.2, 0.25) is 0 Å². The minimum Gasteiger partial charge on any atom is -0.493 e. The van der Waals surface area contributed by atoms with Crippen molar-refractivity contribution in [2.24, 2.45) is 4.99 Å². The first kappa shape index (κ1) is 25.5. The van der Waals surface area contributed by atoms with Gasteiger partial charge in [-0.1, -0.05) is 54.6 Å². The summed E-state index contributed by atoms with van der Waals surface area (Å²) in [6.07, 6.45) is 0. The molecule has 0 aliphatic heterocycles. The zero-order chi connectivity index (χ0) is 21.9. The van der Waals surface area contributed by atoms with Crippen LogP contribution in [0.25, 0.3) is 0 Å². The summed E-state index contributed by atoms with van der Waals surface area (Å²) in [6, 6.07) is 24.2. The molecule has 3 aromatic rings. The van der Waals surface area contributed by atoms with Crippen LogP contribution in [0.1, 0.15) is 16.7 Å². The topological polar surface area (TPSA) is 64.1 Å². The van der Waals surface area contributed by atoms with Crippen LogP contribution in [-0.2, 0) is 24.5 Å². The number of ether oxygens (including phenoxy) is 3. The van der Waals surface area contributed by atoms with Gasteiger partial charge in [0, 0.05) is 25.3 Å². The fourth-order valence-electron chi connectivity index (χ4n) is 3.03. The number of benzene rings is 3. The maximum absolute atomic E-state index is 5.80. The Morgan fingerprint density at radius 1 is 0.781 bits per heavy atom. The number of aliphatic imine (C=N–C) groups is 1. The number of halogens is 1. The molecule has 0 unspecified atom stereocenters. The molecule has 0 aliphatic carbocycles. The second-order valence-electron chi connectivity index (χ2n) is 6.92. The number of anilines is 1. The maximum Gasteiger partial charge on any atom is 0.195 e. The predicted molar refractivity (Wildman–Crippen MR) is 140 cm³/mol. The van der Waals surface area contributed by atoms with Gasteiger partial charge in [0.1, 0.15) is 0 Å². The molecular formula is C25H30IN3O3. The Bertz CT molecular complexity index is 979. The normalized spacial score (nSPS) is 10.8. The summed E-state index contributed by atoms with van der Waals surface area (Å²) in [5.41, 5.74) is 4.34. The van der Waals surface area contributed by atoms with Crippen LogP contribution in [0.3, 0.4) is 0 Å². The Hall–Kier alpha value is -2.78. The summed E-state index contributed by atoms with van der Waals surface area (Å²) in [5, 5.41) is 6.58. The van der Waals surface area contributed by atoms with Crippen molar-refractivity contribution in [1.29, 1.82) is 0 Å². The zero-order valence-corrected chi connectivity index (χ0v) is 21.0. The van der Waals surface area contributed by atoms with Crippen molar-refractivity contribution in [3.63, 3.8) is 0 Å². The average Bonchev–Trinajstić information content (AvgIpc) is 2.83. The fraction of sp³-hybridized carbons (Fsp3) is 0.240. The summed E-state index contributed by atoms with van der Waals surface area (Å²) >= 11 is 0. The Balaban J connectivity index is 0.00000363. The first-order valence-corrected chi connectivity index (χ1v) is 10.1. The van der Waals surface area contributed by atoms with Gasteiger partial charge in [0.25, 0.3) is 0 Å². The molecule has 0 amide bonds. The molecule has 0 radical (unpaired) electrons. The molecule has 0 atom stereocenters. The summed E-state index contributed by atoms with van der Waals surface area (Å²) < 4.78 is 16.4. The van der Waals surface area contributed by atoms with Gasteiger partial charge in [0.05, 0.1) is 27.4 Å². The highest BCUT2D eigenvalue weighted by molar-refractivity contribution is 14.0. The second kappa shape index (κ2) is 13.6. The molecule has 2 N–H and O–H groups in total. The van der Waals surface area contributed by atoms with Gasteiger partial charge in [-0.05, 0) is 28.8 Å². The van der Waals surface area contributed by atoms with E-state index in [1.165, 1.54) is 5.56 Å². The van der Waals surface area contributed by atoms with Crippen molar-refractivity contribution in [1.82, 2.24) is 5.32 Å². The van der Waals surface area contributed by atoms with Crippen molar-refractivity contribution in [3.05, 3.63) is 89.5 Å². The molecule has 170 valence electrons. The molecule has 6 nitrogen and oxygen atoms in total. The van der Waals surface area contributed by atoms with Crippen LogP contribution in [0.5, 0.6) is 11.5 Å². The van der Waals surface area contributed by atoms with Gasteiger partial charge in [-0.25, -0.2) is 0 Å². The van der Waals surface area contributed by atoms with E-state index in [1.807, 2.05) is 36.4 Å². The maximum atomic E-state index is 5.80. The van der Waals surface area contributed by atoms with Crippen molar-refractivity contribution < 1.29 is 14.2 Å². The summed E-state index contributed by atoms with van der Waals surface area (Å²) in [4.78, 5) is 4.29. The van der Waals surface area contributed by atoms with E-state index in [4.69, 9.17) is 14.2 Å². The fourth-order valence-corrected chi connectivity index (χ4v) is 3.03. The van der Waals surface area contributed by atoms with Gasteiger partial charge in [-0.2, -0.15) is 0 Å². The van der Waals surface area contributed by atoms with E-state index in [2.05, 4.69) is 52.0 Å². The van der Waals surface area contributed by atoms with Crippen molar-refractivity contribution in [2.75, 3.05) is 26.6 Å². The molecule has 0 fully saturated rings. The van der Waals surface area contributed by atoms with E-state index >= 15 is 0 Å². The van der Waals surface area contributed by atoms with Crippen LogP contribution in [0.15, 0.2) is 77.8 Å². The number of rotatable bonds is 9. The summed E-state index contributed by atoms with van der Waals surface area (Å²) in [6.45, 7) is 1.85. The smallest absolute Gasteiger partial charge is 0.195 e. The Kier molecular flexibility index (Phi) is 10.8. The molecule has 3 aromatic carbocycles. The molecule has 0 heterocycles. The number of hydrogen-bond donors (Lipinski definition) is 2. The van der Waals surface area contributed by atoms with Crippen LogP contribution in [-0.4, -0.2) is 27.2 Å². The molecule has 0 bridgehead atoms. The third-order valence-electron chi connectivity index (χ3n) is 4.73. The predicted octanol–water partition coefficient (Wildman–Crippen LogP) is 5.23. The van der Waals surface area contributed by atoms with E-state index in [-0.39, 0.29) is 24.0 Å². The highest BCUT2D eigenvalue weighted by atomic mass is 127. The minimum absolute atomic E-state index is 0. The van der Waals surface area contributed by atoms with E-state index < -0.39 is 0 Å². The lowest BCUT2D eigenvalue weighted by Crippen LogP contribution is -2.30. The average molecular weight is 547 g/mol. The van der Waals surface area contributed by atoms with Gasteiger partial charge in [0.15, 0.2) is 17.5 Å². The van der Waals surface area contributed by atoms with E-state index in [1.54, 1.807) is 21.3 Å². The van der Waals surface area contributed by atoms with Crippen molar-refractivity contribution in [3.8, 4) is 11.5 Å². The monoisotopic (exact) mass is 547 g/mol. The molecular weight excluding hydrogens is 517 g/mol. The SMILES string of the molecule is CN=C(NCc1ccc(COCc2ccccc2)cc1)Nc1ccc(OC)c(OC)c1.I. The molecule has 3 rings (SSSR count). The number of nitrogens with zero attached hydrogens (tertiary/aromatic N) is 1.